The van der Waals surface area contributed by atoms with Crippen LogP contribution in [-0.2, 0) is 0 Å². The normalized spacial score (nSPS) is 29.3. The molecule has 2 fully saturated rings. The van der Waals surface area contributed by atoms with Crippen LogP contribution in [0.1, 0.15) is 39.0 Å². The molecule has 2 aliphatic rings. The van der Waals surface area contributed by atoms with Crippen molar-refractivity contribution in [3.63, 3.8) is 0 Å². The molecule has 0 aromatic rings. The van der Waals surface area contributed by atoms with Crippen molar-refractivity contribution >= 4 is 41.7 Å². The Morgan fingerprint density at radius 1 is 1.21 bits per heavy atom. The summed E-state index contributed by atoms with van der Waals surface area (Å²) in [4.78, 5) is 4.22. The summed E-state index contributed by atoms with van der Waals surface area (Å²) < 4.78 is 0.338. The number of hydrogen-bond donors (Lipinski definition) is 3. The van der Waals surface area contributed by atoms with Gasteiger partial charge < -0.3 is 15.7 Å². The Balaban J connectivity index is 0.00000180. The number of thioether (sulfide) groups is 1. The Labute approximate surface area is 137 Å². The smallest absolute Gasteiger partial charge is 0.191 e. The third-order valence-corrected chi connectivity index (χ3v) is 5.56. The van der Waals surface area contributed by atoms with E-state index in [1.54, 1.807) is 7.05 Å². The second-order valence-corrected chi connectivity index (χ2v) is 7.44. The first-order valence-corrected chi connectivity index (χ1v) is 7.85. The van der Waals surface area contributed by atoms with Crippen LogP contribution in [-0.4, -0.2) is 47.3 Å². The Bertz CT molecular complexity index is 315. The first-order valence-electron chi connectivity index (χ1n) is 6.86. The van der Waals surface area contributed by atoms with Crippen molar-refractivity contribution in [1.82, 2.24) is 10.6 Å². The van der Waals surface area contributed by atoms with E-state index in [-0.39, 0.29) is 24.0 Å². The maximum atomic E-state index is 10.0. The van der Waals surface area contributed by atoms with Gasteiger partial charge in [0.2, 0.25) is 0 Å². The first kappa shape index (κ1) is 17.4. The van der Waals surface area contributed by atoms with Crippen LogP contribution in [0.2, 0.25) is 0 Å². The molecule has 1 atom stereocenters. The highest BCUT2D eigenvalue weighted by Crippen LogP contribution is 2.36. The van der Waals surface area contributed by atoms with Crippen molar-refractivity contribution in [1.29, 1.82) is 0 Å². The summed E-state index contributed by atoms with van der Waals surface area (Å²) in [6, 6.07) is 0. The van der Waals surface area contributed by atoms with Gasteiger partial charge in [-0.05, 0) is 44.8 Å². The molecule has 112 valence electrons. The lowest BCUT2D eigenvalue weighted by molar-refractivity contribution is -0.0279. The number of rotatable bonds is 4. The van der Waals surface area contributed by atoms with Gasteiger partial charge in [-0.25, -0.2) is 0 Å². The van der Waals surface area contributed by atoms with Crippen LogP contribution in [0.5, 0.6) is 0 Å². The molecule has 4 nitrogen and oxygen atoms in total. The van der Waals surface area contributed by atoms with E-state index in [0.717, 1.165) is 31.8 Å². The quantitative estimate of drug-likeness (QED) is 0.385. The molecule has 0 aromatic carbocycles. The van der Waals surface area contributed by atoms with Crippen LogP contribution in [0, 0.1) is 0 Å². The van der Waals surface area contributed by atoms with Crippen molar-refractivity contribution in [3.8, 4) is 0 Å². The molecule has 2 rings (SSSR count). The lowest BCUT2D eigenvalue weighted by atomic mass is 9.80. The van der Waals surface area contributed by atoms with Crippen LogP contribution >= 0.6 is 35.7 Å². The van der Waals surface area contributed by atoms with Crippen molar-refractivity contribution in [2.75, 3.05) is 25.9 Å². The molecule has 3 N–H and O–H groups in total. The SMILES string of the molecule is CN=C(NCC1(O)CCC1)NCC1(C)CCCS1.I. The van der Waals surface area contributed by atoms with Crippen LogP contribution in [0.15, 0.2) is 4.99 Å². The van der Waals surface area contributed by atoms with Crippen molar-refractivity contribution in [2.24, 2.45) is 4.99 Å². The predicted octanol–water partition coefficient (Wildman–Crippen LogP) is 1.97. The monoisotopic (exact) mass is 399 g/mol. The van der Waals surface area contributed by atoms with Crippen LogP contribution in [0.25, 0.3) is 0 Å². The summed E-state index contributed by atoms with van der Waals surface area (Å²) in [7, 11) is 1.78. The second-order valence-electron chi connectivity index (χ2n) is 5.76. The average Bonchev–Trinajstić information content (AvgIpc) is 2.74. The number of halogens is 1. The molecule has 1 unspecified atom stereocenters. The molecule has 1 saturated carbocycles. The van der Waals surface area contributed by atoms with Gasteiger partial charge in [0, 0.05) is 24.9 Å². The highest BCUT2D eigenvalue weighted by atomic mass is 127. The van der Waals surface area contributed by atoms with Gasteiger partial charge in [-0.15, -0.1) is 24.0 Å². The van der Waals surface area contributed by atoms with E-state index in [4.69, 9.17) is 0 Å². The lowest BCUT2D eigenvalue weighted by Crippen LogP contribution is -2.52. The van der Waals surface area contributed by atoms with Gasteiger partial charge in [-0.2, -0.15) is 11.8 Å². The van der Waals surface area contributed by atoms with E-state index >= 15 is 0 Å². The Morgan fingerprint density at radius 3 is 2.37 bits per heavy atom. The minimum absolute atomic E-state index is 0. The predicted molar refractivity (Wildman–Crippen MR) is 93.7 cm³/mol. The van der Waals surface area contributed by atoms with E-state index in [1.807, 2.05) is 11.8 Å². The molecule has 0 aromatic heterocycles. The maximum absolute atomic E-state index is 10.0. The molecule has 1 heterocycles. The van der Waals surface area contributed by atoms with Crippen LogP contribution in [0.4, 0.5) is 0 Å². The number of nitrogens with one attached hydrogen (secondary N) is 2. The molecule has 0 radical (unpaired) electrons. The van der Waals surface area contributed by atoms with Gasteiger partial charge in [-0.3, -0.25) is 4.99 Å². The van der Waals surface area contributed by atoms with Crippen LogP contribution in [0.3, 0.4) is 0 Å². The third kappa shape index (κ3) is 4.97. The Kier molecular flexibility index (Phi) is 6.72. The van der Waals surface area contributed by atoms with Crippen molar-refractivity contribution in [2.45, 2.75) is 49.4 Å². The summed E-state index contributed by atoms with van der Waals surface area (Å²) in [6.07, 6.45) is 5.54. The molecule has 19 heavy (non-hydrogen) atoms. The molecule has 0 amide bonds. The summed E-state index contributed by atoms with van der Waals surface area (Å²) in [5.74, 6) is 2.08. The zero-order valence-electron chi connectivity index (χ0n) is 11.9. The van der Waals surface area contributed by atoms with Gasteiger partial charge in [-0.1, -0.05) is 0 Å². The number of guanidine groups is 1. The minimum Gasteiger partial charge on any atom is -0.388 e. The standard InChI is InChI=1S/C13H25N3OS.HI/c1-12(5-4-8-18-12)9-15-11(14-2)16-10-13(17)6-3-7-13;/h17H,3-10H2,1-2H3,(H2,14,15,16);1H. The molecule has 0 bridgehead atoms. The fraction of sp³-hybridized carbons (Fsp3) is 0.923. The van der Waals surface area contributed by atoms with E-state index in [1.165, 1.54) is 18.6 Å². The summed E-state index contributed by atoms with van der Waals surface area (Å²) >= 11 is 2.04. The number of hydrogen-bond acceptors (Lipinski definition) is 3. The largest absolute Gasteiger partial charge is 0.388 e. The molecule has 6 heteroatoms. The Morgan fingerprint density at radius 2 is 1.89 bits per heavy atom. The molecule has 1 aliphatic heterocycles. The molecular weight excluding hydrogens is 373 g/mol. The van der Waals surface area contributed by atoms with Crippen molar-refractivity contribution < 1.29 is 5.11 Å². The zero-order valence-corrected chi connectivity index (χ0v) is 15.0. The topological polar surface area (TPSA) is 56.7 Å². The number of nitrogens with zero attached hydrogens (tertiary/aromatic N) is 1. The average molecular weight is 399 g/mol. The van der Waals surface area contributed by atoms with E-state index in [2.05, 4.69) is 22.5 Å². The number of aliphatic imine (C=N–C) groups is 1. The fourth-order valence-electron chi connectivity index (χ4n) is 2.48. The zero-order chi connectivity index (χ0) is 13.1. The molecule has 1 saturated heterocycles. The fourth-order valence-corrected chi connectivity index (χ4v) is 3.72. The van der Waals surface area contributed by atoms with Gasteiger partial charge in [0.15, 0.2) is 5.96 Å². The third-order valence-electron chi connectivity index (χ3n) is 4.02. The second kappa shape index (κ2) is 7.36. The Hall–Kier alpha value is 0.310. The first-order chi connectivity index (χ1) is 8.55. The highest BCUT2D eigenvalue weighted by Gasteiger charge is 2.34. The van der Waals surface area contributed by atoms with Gasteiger partial charge >= 0.3 is 0 Å². The number of aliphatic hydroxyl groups is 1. The van der Waals surface area contributed by atoms with Gasteiger partial charge in [0.25, 0.3) is 0 Å². The lowest BCUT2D eigenvalue weighted by Gasteiger charge is -2.37. The van der Waals surface area contributed by atoms with Gasteiger partial charge in [0.1, 0.15) is 0 Å². The summed E-state index contributed by atoms with van der Waals surface area (Å²) in [5.41, 5.74) is -0.496. The molecule has 0 spiro atoms. The van der Waals surface area contributed by atoms with E-state index < -0.39 is 5.60 Å². The highest BCUT2D eigenvalue weighted by molar-refractivity contribution is 14.0. The summed E-state index contributed by atoms with van der Waals surface area (Å²) in [6.45, 7) is 3.86. The van der Waals surface area contributed by atoms with E-state index in [9.17, 15) is 5.11 Å². The minimum atomic E-state index is -0.496. The van der Waals surface area contributed by atoms with E-state index in [0.29, 0.717) is 11.3 Å². The van der Waals surface area contributed by atoms with Crippen LogP contribution < -0.4 is 10.6 Å². The van der Waals surface area contributed by atoms with Crippen molar-refractivity contribution in [3.05, 3.63) is 0 Å². The molecule has 1 aliphatic carbocycles. The van der Waals surface area contributed by atoms with Gasteiger partial charge in [0.05, 0.1) is 5.60 Å². The molecular formula is C13H26IN3OS. The maximum Gasteiger partial charge on any atom is 0.191 e. The summed E-state index contributed by atoms with van der Waals surface area (Å²) in [5, 5.41) is 16.6.